The molecule has 1 unspecified atom stereocenters. The van der Waals surface area contributed by atoms with Crippen LogP contribution in [0.25, 0.3) is 0 Å². The highest BCUT2D eigenvalue weighted by Gasteiger charge is 2.24. The zero-order valence-electron chi connectivity index (χ0n) is 12.0. The van der Waals surface area contributed by atoms with Gasteiger partial charge in [-0.25, -0.2) is 4.79 Å². The van der Waals surface area contributed by atoms with E-state index >= 15 is 0 Å². The summed E-state index contributed by atoms with van der Waals surface area (Å²) in [4.78, 5) is 16.2. The lowest BCUT2D eigenvalue weighted by Crippen LogP contribution is -2.48. The molecular formula is C15H20N4O. The van der Waals surface area contributed by atoms with Crippen LogP contribution in [0.5, 0.6) is 0 Å². The molecule has 0 radical (unpaired) electrons. The van der Waals surface area contributed by atoms with Crippen LogP contribution in [0.15, 0.2) is 24.3 Å². The third kappa shape index (κ3) is 3.49. The third-order valence-electron chi connectivity index (χ3n) is 3.68. The van der Waals surface area contributed by atoms with Gasteiger partial charge in [0.2, 0.25) is 0 Å². The van der Waals surface area contributed by atoms with E-state index < -0.39 is 0 Å². The van der Waals surface area contributed by atoms with E-state index in [0.717, 1.165) is 31.6 Å². The molecule has 20 heavy (non-hydrogen) atoms. The van der Waals surface area contributed by atoms with Gasteiger partial charge in [-0.05, 0) is 51.2 Å². The molecule has 106 valence electrons. The summed E-state index contributed by atoms with van der Waals surface area (Å²) < 4.78 is 0. The molecule has 1 aromatic rings. The Morgan fingerprint density at radius 1 is 1.40 bits per heavy atom. The van der Waals surface area contributed by atoms with Crippen LogP contribution in [0, 0.1) is 11.3 Å². The van der Waals surface area contributed by atoms with Gasteiger partial charge in [0.25, 0.3) is 0 Å². The first-order chi connectivity index (χ1) is 9.60. The monoisotopic (exact) mass is 272 g/mol. The van der Waals surface area contributed by atoms with Crippen molar-refractivity contribution in [2.45, 2.75) is 18.9 Å². The molecular weight excluding hydrogens is 252 g/mol. The molecule has 0 saturated carbocycles. The Kier molecular flexibility index (Phi) is 4.59. The van der Waals surface area contributed by atoms with Gasteiger partial charge >= 0.3 is 6.03 Å². The van der Waals surface area contributed by atoms with Crippen molar-refractivity contribution in [3.8, 4) is 6.07 Å². The Morgan fingerprint density at radius 2 is 2.10 bits per heavy atom. The first kappa shape index (κ1) is 14.4. The molecule has 0 aromatic heterocycles. The summed E-state index contributed by atoms with van der Waals surface area (Å²) in [6.07, 6.45) is 2.16. The maximum absolute atomic E-state index is 12.2. The summed E-state index contributed by atoms with van der Waals surface area (Å²) in [7, 11) is 4.10. The zero-order valence-corrected chi connectivity index (χ0v) is 12.0. The van der Waals surface area contributed by atoms with Gasteiger partial charge in [-0.15, -0.1) is 0 Å². The number of likely N-dealkylation sites (N-methyl/N-ethyl adjacent to an activating group) is 1. The second kappa shape index (κ2) is 6.40. The van der Waals surface area contributed by atoms with Crippen molar-refractivity contribution in [2.24, 2.45) is 0 Å². The third-order valence-corrected chi connectivity index (χ3v) is 3.68. The van der Waals surface area contributed by atoms with E-state index in [9.17, 15) is 4.79 Å². The van der Waals surface area contributed by atoms with Crippen molar-refractivity contribution in [3.05, 3.63) is 29.8 Å². The van der Waals surface area contributed by atoms with E-state index in [1.807, 2.05) is 19.0 Å². The van der Waals surface area contributed by atoms with E-state index in [-0.39, 0.29) is 6.03 Å². The van der Waals surface area contributed by atoms with Crippen LogP contribution in [-0.4, -0.2) is 49.1 Å². The van der Waals surface area contributed by atoms with E-state index in [1.165, 1.54) is 0 Å². The Hall–Kier alpha value is -2.06. The van der Waals surface area contributed by atoms with Gasteiger partial charge in [0.05, 0.1) is 11.6 Å². The minimum absolute atomic E-state index is 0.0683. The molecule has 1 aliphatic heterocycles. The van der Waals surface area contributed by atoms with Crippen LogP contribution >= 0.6 is 0 Å². The Balaban J connectivity index is 1.95. The lowest BCUT2D eigenvalue weighted by molar-refractivity contribution is 0.148. The molecule has 2 amide bonds. The fourth-order valence-electron chi connectivity index (χ4n) is 2.39. The molecule has 5 nitrogen and oxygen atoms in total. The molecule has 5 heteroatoms. The fraction of sp³-hybridized carbons (Fsp3) is 0.467. The quantitative estimate of drug-likeness (QED) is 0.897. The number of amides is 2. The summed E-state index contributed by atoms with van der Waals surface area (Å²) in [6.45, 7) is 1.56. The lowest BCUT2D eigenvalue weighted by atomic mass is 10.1. The number of hydrogen-bond donors (Lipinski definition) is 1. The average molecular weight is 272 g/mol. The number of carbonyl (C=O) groups is 1. The van der Waals surface area contributed by atoms with Gasteiger partial charge in [-0.2, -0.15) is 5.26 Å². The first-order valence-corrected chi connectivity index (χ1v) is 6.82. The molecule has 0 spiro atoms. The molecule has 0 aliphatic carbocycles. The number of likely N-dealkylation sites (tertiary alicyclic amines) is 1. The van der Waals surface area contributed by atoms with Gasteiger partial charge < -0.3 is 15.1 Å². The molecule has 1 saturated heterocycles. The lowest BCUT2D eigenvalue weighted by Gasteiger charge is -2.36. The maximum atomic E-state index is 12.2. The number of rotatable bonds is 2. The van der Waals surface area contributed by atoms with E-state index in [4.69, 9.17) is 5.26 Å². The number of urea groups is 1. The van der Waals surface area contributed by atoms with Crippen LogP contribution < -0.4 is 5.32 Å². The van der Waals surface area contributed by atoms with E-state index in [1.54, 1.807) is 24.3 Å². The minimum Gasteiger partial charge on any atom is -0.323 e. The number of carbonyl (C=O) groups excluding carboxylic acids is 1. The number of piperidine rings is 1. The van der Waals surface area contributed by atoms with Crippen LogP contribution in [-0.2, 0) is 0 Å². The summed E-state index contributed by atoms with van der Waals surface area (Å²) in [5, 5.41) is 11.6. The Bertz CT molecular complexity index is 504. The predicted octanol–water partition coefficient (Wildman–Crippen LogP) is 2.12. The Labute approximate surface area is 119 Å². The summed E-state index contributed by atoms with van der Waals surface area (Å²) in [5.41, 5.74) is 1.31. The molecule has 1 aliphatic rings. The van der Waals surface area contributed by atoms with Crippen molar-refractivity contribution in [1.82, 2.24) is 9.80 Å². The molecule has 1 heterocycles. The molecule has 1 atom stereocenters. The smallest absolute Gasteiger partial charge is 0.321 e. The second-order valence-corrected chi connectivity index (χ2v) is 5.32. The van der Waals surface area contributed by atoms with Crippen LogP contribution in [0.4, 0.5) is 10.5 Å². The van der Waals surface area contributed by atoms with Crippen molar-refractivity contribution in [1.29, 1.82) is 5.26 Å². The van der Waals surface area contributed by atoms with Gasteiger partial charge in [0, 0.05) is 24.8 Å². The summed E-state index contributed by atoms with van der Waals surface area (Å²) in [6, 6.07) is 9.33. The van der Waals surface area contributed by atoms with Crippen molar-refractivity contribution in [3.63, 3.8) is 0 Å². The average Bonchev–Trinajstić information content (AvgIpc) is 2.48. The SMILES string of the molecule is CN(C)C1CCCN(C(=O)Nc2ccc(C#N)cc2)C1. The first-order valence-electron chi connectivity index (χ1n) is 6.82. The largest absolute Gasteiger partial charge is 0.323 e. The van der Waals surface area contributed by atoms with Crippen molar-refractivity contribution >= 4 is 11.7 Å². The van der Waals surface area contributed by atoms with Crippen LogP contribution in [0.1, 0.15) is 18.4 Å². The van der Waals surface area contributed by atoms with Crippen molar-refractivity contribution in [2.75, 3.05) is 32.5 Å². The number of anilines is 1. The minimum atomic E-state index is -0.0683. The van der Waals surface area contributed by atoms with Crippen molar-refractivity contribution < 1.29 is 4.79 Å². The highest BCUT2D eigenvalue weighted by atomic mass is 16.2. The number of nitrogens with zero attached hydrogens (tertiary/aromatic N) is 3. The molecule has 1 fully saturated rings. The molecule has 2 rings (SSSR count). The predicted molar refractivity (Wildman–Crippen MR) is 78.5 cm³/mol. The number of nitriles is 1. The van der Waals surface area contributed by atoms with E-state index in [0.29, 0.717) is 11.6 Å². The van der Waals surface area contributed by atoms with Gasteiger partial charge in [0.1, 0.15) is 0 Å². The fourth-order valence-corrected chi connectivity index (χ4v) is 2.39. The summed E-state index contributed by atoms with van der Waals surface area (Å²) in [5.74, 6) is 0. The van der Waals surface area contributed by atoms with Gasteiger partial charge in [0.15, 0.2) is 0 Å². The number of nitrogens with one attached hydrogen (secondary N) is 1. The molecule has 0 bridgehead atoms. The summed E-state index contributed by atoms with van der Waals surface area (Å²) >= 11 is 0. The zero-order chi connectivity index (χ0) is 14.5. The highest BCUT2D eigenvalue weighted by molar-refractivity contribution is 5.89. The number of hydrogen-bond acceptors (Lipinski definition) is 3. The number of benzene rings is 1. The normalized spacial score (nSPS) is 18.7. The van der Waals surface area contributed by atoms with Gasteiger partial charge in [-0.3, -0.25) is 0 Å². The maximum Gasteiger partial charge on any atom is 0.321 e. The molecule has 1 N–H and O–H groups in total. The second-order valence-electron chi connectivity index (χ2n) is 5.32. The standard InChI is InChI=1S/C15H20N4O/c1-18(2)14-4-3-9-19(11-14)15(20)17-13-7-5-12(10-16)6-8-13/h5-8,14H,3-4,9,11H2,1-2H3,(H,17,20). The Morgan fingerprint density at radius 3 is 2.70 bits per heavy atom. The van der Waals surface area contributed by atoms with Crippen LogP contribution in [0.2, 0.25) is 0 Å². The topological polar surface area (TPSA) is 59.4 Å². The van der Waals surface area contributed by atoms with Gasteiger partial charge in [-0.1, -0.05) is 0 Å². The molecule has 1 aromatic carbocycles. The highest BCUT2D eigenvalue weighted by Crippen LogP contribution is 2.16. The van der Waals surface area contributed by atoms with E-state index in [2.05, 4.69) is 16.3 Å². The van der Waals surface area contributed by atoms with Crippen LogP contribution in [0.3, 0.4) is 0 Å².